The molecule has 0 amide bonds. The van der Waals surface area contributed by atoms with E-state index in [1.54, 1.807) is 7.11 Å². The molecule has 0 spiro atoms. The van der Waals surface area contributed by atoms with Crippen LogP contribution in [0.15, 0.2) is 0 Å². The van der Waals surface area contributed by atoms with Crippen LogP contribution in [0.1, 0.15) is 6.92 Å². The summed E-state index contributed by atoms with van der Waals surface area (Å²) in [5.41, 5.74) is 2.72. The first-order valence-corrected chi connectivity index (χ1v) is 2.75. The minimum absolute atomic E-state index is 0.785. The molecule has 0 aromatic carbocycles. The Kier molecular flexibility index (Phi) is 4.95. The van der Waals surface area contributed by atoms with E-state index in [0.717, 1.165) is 13.2 Å². The summed E-state index contributed by atoms with van der Waals surface area (Å²) in [6.07, 6.45) is 0. The molecule has 50 valence electrons. The third kappa shape index (κ3) is 4.05. The summed E-state index contributed by atoms with van der Waals surface area (Å²) >= 11 is 0. The van der Waals surface area contributed by atoms with Gasteiger partial charge in [0.05, 0.1) is 13.8 Å². The van der Waals surface area contributed by atoms with Gasteiger partial charge >= 0.3 is 0 Å². The van der Waals surface area contributed by atoms with Crippen molar-refractivity contribution in [2.45, 2.75) is 6.92 Å². The van der Waals surface area contributed by atoms with Crippen molar-refractivity contribution in [2.24, 2.45) is 0 Å². The van der Waals surface area contributed by atoms with Crippen molar-refractivity contribution in [2.75, 3.05) is 27.4 Å². The van der Waals surface area contributed by atoms with Crippen LogP contribution in [0.2, 0.25) is 0 Å². The molecule has 0 aromatic heterocycles. The maximum atomic E-state index is 4.62. The van der Waals surface area contributed by atoms with Crippen LogP contribution >= 0.6 is 0 Å². The molecule has 1 N–H and O–H groups in total. The third-order valence-electron chi connectivity index (χ3n) is 1.02. The fourth-order valence-corrected chi connectivity index (χ4v) is 0.287. The normalized spacial score (nSPS) is 10.5. The van der Waals surface area contributed by atoms with Gasteiger partial charge in [0.1, 0.15) is 0 Å². The summed E-state index contributed by atoms with van der Waals surface area (Å²) in [7, 11) is 3.63. The Morgan fingerprint density at radius 1 is 1.62 bits per heavy atom. The zero-order valence-corrected chi connectivity index (χ0v) is 5.77. The monoisotopic (exact) mass is 118 g/mol. The highest BCUT2D eigenvalue weighted by Gasteiger charge is 1.88. The summed E-state index contributed by atoms with van der Waals surface area (Å²) in [5.74, 6) is 0. The zero-order chi connectivity index (χ0) is 6.41. The van der Waals surface area contributed by atoms with E-state index in [-0.39, 0.29) is 0 Å². The Morgan fingerprint density at radius 2 is 2.25 bits per heavy atom. The topological polar surface area (TPSA) is 24.5 Å². The molecule has 3 nitrogen and oxygen atoms in total. The van der Waals surface area contributed by atoms with E-state index < -0.39 is 0 Å². The Bertz CT molecular complexity index is 49.7. The van der Waals surface area contributed by atoms with Gasteiger partial charge in [-0.3, -0.25) is 4.90 Å². The predicted molar refractivity (Wildman–Crippen MR) is 33.3 cm³/mol. The van der Waals surface area contributed by atoms with Crippen LogP contribution in [0.4, 0.5) is 0 Å². The smallest absolute Gasteiger partial charge is 0.0723 e. The van der Waals surface area contributed by atoms with E-state index in [9.17, 15) is 0 Å². The Balaban J connectivity index is 2.86. The van der Waals surface area contributed by atoms with Gasteiger partial charge in [0.15, 0.2) is 0 Å². The van der Waals surface area contributed by atoms with Gasteiger partial charge in [-0.05, 0) is 13.6 Å². The molecule has 8 heavy (non-hydrogen) atoms. The minimum atomic E-state index is 0.785. The molecule has 0 saturated carbocycles. The molecule has 0 aliphatic heterocycles. The molecule has 0 fully saturated rings. The third-order valence-corrected chi connectivity index (χ3v) is 1.02. The highest BCUT2D eigenvalue weighted by Crippen LogP contribution is 1.73. The van der Waals surface area contributed by atoms with Crippen molar-refractivity contribution >= 4 is 0 Å². The lowest BCUT2D eigenvalue weighted by molar-refractivity contribution is 0.0565. The molecule has 3 heteroatoms. The van der Waals surface area contributed by atoms with E-state index >= 15 is 0 Å². The second kappa shape index (κ2) is 5.03. The summed E-state index contributed by atoms with van der Waals surface area (Å²) in [6.45, 7) is 3.92. The lowest BCUT2D eigenvalue weighted by Crippen LogP contribution is -2.29. The van der Waals surface area contributed by atoms with E-state index in [1.807, 2.05) is 7.05 Å². The second-order valence-electron chi connectivity index (χ2n) is 1.68. The lowest BCUT2D eigenvalue weighted by atomic mass is 10.7. The molecule has 0 aromatic rings. The van der Waals surface area contributed by atoms with Crippen molar-refractivity contribution in [3.8, 4) is 0 Å². The maximum absolute atomic E-state index is 4.62. The molecule has 0 unspecified atom stereocenters. The molecule has 0 saturated heterocycles. The number of nitrogens with one attached hydrogen (secondary N) is 1. The number of nitrogens with zero attached hydrogens (tertiary/aromatic N) is 1. The molecule has 0 radical (unpaired) electrons. The average molecular weight is 118 g/mol. The summed E-state index contributed by atoms with van der Waals surface area (Å²) in [5, 5.41) is 0. The fraction of sp³-hybridized carbons (Fsp3) is 1.00. The van der Waals surface area contributed by atoms with Crippen LogP contribution in [-0.2, 0) is 4.84 Å². The van der Waals surface area contributed by atoms with Gasteiger partial charge < -0.3 is 4.84 Å². The van der Waals surface area contributed by atoms with Gasteiger partial charge in [0, 0.05) is 0 Å². The highest BCUT2D eigenvalue weighted by atomic mass is 16.6. The molecule has 0 aliphatic rings. The van der Waals surface area contributed by atoms with Gasteiger partial charge in [0.25, 0.3) is 0 Å². The van der Waals surface area contributed by atoms with Crippen molar-refractivity contribution in [3.05, 3.63) is 0 Å². The minimum Gasteiger partial charge on any atom is -0.304 e. The average Bonchev–Trinajstić information content (AvgIpc) is 1.83. The molecule has 0 bridgehead atoms. The van der Waals surface area contributed by atoms with Crippen molar-refractivity contribution in [1.29, 1.82) is 0 Å². The number of hydrogen-bond donors (Lipinski definition) is 1. The quantitative estimate of drug-likeness (QED) is 0.417. The van der Waals surface area contributed by atoms with Crippen LogP contribution < -0.4 is 5.48 Å². The van der Waals surface area contributed by atoms with Crippen LogP contribution in [0.3, 0.4) is 0 Å². The van der Waals surface area contributed by atoms with E-state index in [4.69, 9.17) is 0 Å². The van der Waals surface area contributed by atoms with Gasteiger partial charge in [-0.2, -0.15) is 5.48 Å². The fourth-order valence-electron chi connectivity index (χ4n) is 0.287. The largest absolute Gasteiger partial charge is 0.304 e. The molecule has 0 heterocycles. The SMILES string of the molecule is CCN(C)CNOC. The number of hydrogen-bond acceptors (Lipinski definition) is 3. The Morgan fingerprint density at radius 3 is 2.62 bits per heavy atom. The zero-order valence-electron chi connectivity index (χ0n) is 5.77. The standard InChI is InChI=1S/C5H14N2O/c1-4-7(2)5-6-8-3/h6H,4-5H2,1-3H3. The summed E-state index contributed by atoms with van der Waals surface area (Å²) in [4.78, 5) is 6.72. The number of hydroxylamine groups is 1. The number of rotatable bonds is 4. The van der Waals surface area contributed by atoms with Crippen LogP contribution in [0.25, 0.3) is 0 Å². The van der Waals surface area contributed by atoms with E-state index in [1.165, 1.54) is 0 Å². The maximum Gasteiger partial charge on any atom is 0.0723 e. The lowest BCUT2D eigenvalue weighted by Gasteiger charge is -2.12. The van der Waals surface area contributed by atoms with Crippen molar-refractivity contribution in [1.82, 2.24) is 10.4 Å². The Labute approximate surface area is 50.6 Å². The van der Waals surface area contributed by atoms with Gasteiger partial charge in [-0.15, -0.1) is 0 Å². The first-order chi connectivity index (χ1) is 3.81. The molecular weight excluding hydrogens is 104 g/mol. The molecule has 0 aliphatic carbocycles. The van der Waals surface area contributed by atoms with Crippen molar-refractivity contribution in [3.63, 3.8) is 0 Å². The highest BCUT2D eigenvalue weighted by molar-refractivity contribution is 4.36. The van der Waals surface area contributed by atoms with Gasteiger partial charge in [-0.1, -0.05) is 6.92 Å². The molecule has 0 atom stereocenters. The van der Waals surface area contributed by atoms with Crippen LogP contribution in [0, 0.1) is 0 Å². The first-order valence-electron chi connectivity index (χ1n) is 2.75. The molecule has 0 rings (SSSR count). The summed E-state index contributed by atoms with van der Waals surface area (Å²) < 4.78 is 0. The Hall–Kier alpha value is -0.120. The first kappa shape index (κ1) is 7.88. The van der Waals surface area contributed by atoms with Crippen molar-refractivity contribution < 1.29 is 4.84 Å². The van der Waals surface area contributed by atoms with E-state index in [2.05, 4.69) is 22.1 Å². The van der Waals surface area contributed by atoms with E-state index in [0.29, 0.717) is 0 Å². The molecular formula is C5H14N2O. The van der Waals surface area contributed by atoms with Crippen LogP contribution in [-0.4, -0.2) is 32.3 Å². The predicted octanol–water partition coefficient (Wildman–Crippen LogP) is 0.0466. The van der Waals surface area contributed by atoms with Gasteiger partial charge in [-0.25, -0.2) is 0 Å². The summed E-state index contributed by atoms with van der Waals surface area (Å²) in [6, 6.07) is 0. The van der Waals surface area contributed by atoms with Gasteiger partial charge in [0.2, 0.25) is 0 Å². The van der Waals surface area contributed by atoms with Crippen LogP contribution in [0.5, 0.6) is 0 Å². The second-order valence-corrected chi connectivity index (χ2v) is 1.68.